The van der Waals surface area contributed by atoms with Gasteiger partial charge in [0.2, 0.25) is 0 Å². The predicted molar refractivity (Wildman–Crippen MR) is 221 cm³/mol. The van der Waals surface area contributed by atoms with Gasteiger partial charge in [0.05, 0.1) is 25.3 Å². The Hall–Kier alpha value is -6.60. The van der Waals surface area contributed by atoms with E-state index in [-0.39, 0.29) is 11.3 Å². The van der Waals surface area contributed by atoms with E-state index >= 15 is 0 Å². The largest absolute Gasteiger partial charge is 0.494 e. The van der Waals surface area contributed by atoms with Crippen molar-refractivity contribution >= 4 is 32.8 Å². The predicted octanol–water partition coefficient (Wildman–Crippen LogP) is 12.1. The zero-order valence-electron chi connectivity index (χ0n) is 31.5. The smallest absolute Gasteiger partial charge is 0.152 e. The Labute approximate surface area is 318 Å². The van der Waals surface area contributed by atoms with Crippen LogP contribution in [0.15, 0.2) is 126 Å². The average Bonchev–Trinajstić information content (AvgIpc) is 4.02. The minimum absolute atomic E-state index is 0.0871. The highest BCUT2D eigenvalue weighted by molar-refractivity contribution is 6.11. The Balaban J connectivity index is 1.15. The molecule has 16 bridgehead atoms. The van der Waals surface area contributed by atoms with Gasteiger partial charge in [0.1, 0.15) is 11.0 Å². The molecule has 9 aromatic rings. The van der Waals surface area contributed by atoms with Crippen molar-refractivity contribution in [1.29, 1.82) is 0 Å². The van der Waals surface area contributed by atoms with Crippen LogP contribution in [0.1, 0.15) is 55.4 Å². The van der Waals surface area contributed by atoms with Crippen molar-refractivity contribution in [3.8, 4) is 56.3 Å². The molecule has 0 spiro atoms. The number of ether oxygens (including phenoxy) is 2. The second kappa shape index (κ2) is 12.5. The quantitative estimate of drug-likeness (QED) is 0.190. The summed E-state index contributed by atoms with van der Waals surface area (Å²) in [6, 6.07) is 43.9. The van der Waals surface area contributed by atoms with E-state index in [4.69, 9.17) is 14.1 Å². The minimum Gasteiger partial charge on any atom is -0.494 e. The molecule has 2 N–H and O–H groups in total. The summed E-state index contributed by atoms with van der Waals surface area (Å²) >= 11 is 0. The van der Waals surface area contributed by atoms with Crippen LogP contribution in [0.25, 0.3) is 77.6 Å². The minimum atomic E-state index is -0.301. The third-order valence-corrected chi connectivity index (χ3v) is 12.2. The SMILES string of the molecule is CCC1(C)c2ccc(cc2)-c2ccc(cc2)-c2cc3c(OC)c4[nH]c(cc4c(OC)c3[nH]2)-c2ccc(cc2)-c2ccc(cc2)C(C)c2ccc1c1nonc21. The van der Waals surface area contributed by atoms with Gasteiger partial charge in [0, 0.05) is 33.5 Å². The summed E-state index contributed by atoms with van der Waals surface area (Å²) in [5, 5.41) is 10.9. The molecular formula is C48H40N4O3. The van der Waals surface area contributed by atoms with Crippen molar-refractivity contribution < 1.29 is 14.1 Å². The van der Waals surface area contributed by atoms with Crippen LogP contribution in [-0.2, 0) is 5.41 Å². The molecule has 2 atom stereocenters. The summed E-state index contributed by atoms with van der Waals surface area (Å²) < 4.78 is 17.6. The van der Waals surface area contributed by atoms with E-state index in [0.717, 1.165) is 107 Å². The van der Waals surface area contributed by atoms with Crippen LogP contribution in [0.4, 0.5) is 0 Å². The number of nitrogens with one attached hydrogen (secondary N) is 2. The van der Waals surface area contributed by atoms with Gasteiger partial charge in [-0.15, -0.1) is 0 Å². The van der Waals surface area contributed by atoms with Gasteiger partial charge in [-0.1, -0.05) is 130 Å². The number of methoxy groups -OCH3 is 2. The Morgan fingerprint density at radius 3 is 1.55 bits per heavy atom. The van der Waals surface area contributed by atoms with E-state index in [1.54, 1.807) is 14.2 Å². The zero-order valence-corrected chi connectivity index (χ0v) is 31.5. The molecule has 270 valence electrons. The molecule has 6 aromatic carbocycles. The van der Waals surface area contributed by atoms with Crippen molar-refractivity contribution in [2.75, 3.05) is 14.2 Å². The maximum Gasteiger partial charge on any atom is 0.152 e. The van der Waals surface area contributed by atoms with E-state index in [0.29, 0.717) is 0 Å². The average molecular weight is 721 g/mol. The molecule has 13 heterocycles. The van der Waals surface area contributed by atoms with Crippen molar-refractivity contribution in [3.05, 3.63) is 144 Å². The van der Waals surface area contributed by atoms with Gasteiger partial charge in [-0.05, 0) is 84.5 Å². The topological polar surface area (TPSA) is 89.0 Å². The second-order valence-corrected chi connectivity index (χ2v) is 14.9. The number of hydrogen-bond donors (Lipinski definition) is 2. The fraction of sp³-hybridized carbons (Fsp3) is 0.167. The summed E-state index contributed by atoms with van der Waals surface area (Å²) in [5.74, 6) is 1.64. The van der Waals surface area contributed by atoms with Crippen LogP contribution in [0.5, 0.6) is 11.5 Å². The maximum absolute atomic E-state index is 6.09. The highest BCUT2D eigenvalue weighted by Crippen LogP contribution is 2.46. The van der Waals surface area contributed by atoms with Gasteiger partial charge in [-0.25, -0.2) is 4.63 Å². The molecule has 0 radical (unpaired) electrons. The monoisotopic (exact) mass is 720 g/mol. The first kappa shape index (κ1) is 33.0. The van der Waals surface area contributed by atoms with Gasteiger partial charge in [0.25, 0.3) is 0 Å². The number of rotatable bonds is 3. The van der Waals surface area contributed by atoms with Crippen LogP contribution in [-0.4, -0.2) is 34.5 Å². The van der Waals surface area contributed by atoms with Crippen molar-refractivity contribution in [1.82, 2.24) is 20.3 Å². The number of aromatic amines is 2. The Morgan fingerprint density at radius 1 is 0.600 bits per heavy atom. The summed E-state index contributed by atoms with van der Waals surface area (Å²) in [5.41, 5.74) is 16.5. The van der Waals surface area contributed by atoms with Crippen LogP contribution in [0.2, 0.25) is 0 Å². The molecule has 3 aromatic heterocycles. The molecule has 0 aliphatic carbocycles. The van der Waals surface area contributed by atoms with Gasteiger partial charge in [-0.2, -0.15) is 0 Å². The van der Waals surface area contributed by atoms with E-state index in [9.17, 15) is 0 Å². The standard InChI is InChI=1S/C48H40N4O3/c1-6-48(3)35-21-19-32(20-22-35)31-13-17-34(18-14-31)41-26-38-44(50-41)46(53-4)37-25-40(49-43(37)47(38)54-5)33-15-11-30(12-16-33)29-9-7-28(8-10-29)27(2)36-23-24-39(48)45-42(36)51-55-52-45/h7-27,49-50H,6H2,1-5H3. The van der Waals surface area contributed by atoms with Crippen molar-refractivity contribution in [3.63, 3.8) is 0 Å². The number of benzene rings is 6. The molecule has 7 nitrogen and oxygen atoms in total. The van der Waals surface area contributed by atoms with Gasteiger partial charge in [0.15, 0.2) is 11.5 Å². The van der Waals surface area contributed by atoms with Gasteiger partial charge >= 0.3 is 0 Å². The van der Waals surface area contributed by atoms with E-state index in [2.05, 4.69) is 162 Å². The molecule has 0 saturated carbocycles. The number of aromatic nitrogens is 4. The summed E-state index contributed by atoms with van der Waals surface area (Å²) in [6.07, 6.45) is 0.886. The van der Waals surface area contributed by atoms with Crippen LogP contribution in [0, 0.1) is 0 Å². The highest BCUT2D eigenvalue weighted by atomic mass is 16.6. The Bertz CT molecular complexity index is 2820. The molecule has 0 amide bonds. The maximum atomic E-state index is 6.09. The number of hydrogen-bond acceptors (Lipinski definition) is 5. The van der Waals surface area contributed by atoms with E-state index in [1.165, 1.54) is 11.1 Å². The summed E-state index contributed by atoms with van der Waals surface area (Å²) in [6.45, 7) is 6.75. The molecule has 10 aliphatic heterocycles. The Kier molecular flexibility index (Phi) is 7.49. The third-order valence-electron chi connectivity index (χ3n) is 12.2. The first-order valence-corrected chi connectivity index (χ1v) is 18.9. The van der Waals surface area contributed by atoms with Crippen LogP contribution < -0.4 is 9.47 Å². The number of H-pyrrole nitrogens is 2. The fourth-order valence-electron chi connectivity index (χ4n) is 8.72. The summed E-state index contributed by atoms with van der Waals surface area (Å²) in [4.78, 5) is 7.32. The molecule has 19 rings (SSSR count). The lowest BCUT2D eigenvalue weighted by Gasteiger charge is -2.30. The molecule has 7 heteroatoms. The first-order valence-electron chi connectivity index (χ1n) is 18.9. The van der Waals surface area contributed by atoms with Crippen LogP contribution in [0.3, 0.4) is 0 Å². The summed E-state index contributed by atoms with van der Waals surface area (Å²) in [7, 11) is 3.45. The third kappa shape index (κ3) is 5.03. The van der Waals surface area contributed by atoms with E-state index < -0.39 is 0 Å². The fourth-order valence-corrected chi connectivity index (χ4v) is 8.72. The Morgan fingerprint density at radius 2 is 1.05 bits per heavy atom. The normalized spacial score (nSPS) is 16.4. The van der Waals surface area contributed by atoms with E-state index in [1.807, 2.05) is 0 Å². The molecule has 55 heavy (non-hydrogen) atoms. The second-order valence-electron chi connectivity index (χ2n) is 14.9. The molecule has 2 unspecified atom stereocenters. The van der Waals surface area contributed by atoms with Gasteiger partial charge < -0.3 is 19.4 Å². The van der Waals surface area contributed by atoms with Crippen LogP contribution >= 0.6 is 0 Å². The lowest BCUT2D eigenvalue weighted by Crippen LogP contribution is -2.23. The highest BCUT2D eigenvalue weighted by Gasteiger charge is 2.32. The number of nitrogens with zero attached hydrogens (tertiary/aromatic N) is 2. The zero-order chi connectivity index (χ0) is 37.4. The van der Waals surface area contributed by atoms with Crippen molar-refractivity contribution in [2.24, 2.45) is 0 Å². The van der Waals surface area contributed by atoms with Gasteiger partial charge in [-0.3, -0.25) is 0 Å². The molecular weight excluding hydrogens is 681 g/mol. The molecule has 0 saturated heterocycles. The molecule has 10 aliphatic rings. The molecule has 0 fully saturated rings. The lowest BCUT2D eigenvalue weighted by atomic mass is 9.73. The van der Waals surface area contributed by atoms with Crippen molar-refractivity contribution in [2.45, 2.75) is 38.5 Å². The lowest BCUT2D eigenvalue weighted by molar-refractivity contribution is 0.314. The first-order chi connectivity index (χ1) is 26.9.